The SMILES string of the molecule is O=C(Nc1ccc(Cl)cc1)c1ccc(-c2nc3ccc(C(=O)NC4CC5CCC4C5)cc3[nH]2)cc1. The van der Waals surface area contributed by atoms with Crippen molar-refractivity contribution in [2.45, 2.75) is 31.7 Å². The van der Waals surface area contributed by atoms with E-state index in [1.54, 1.807) is 36.4 Å². The van der Waals surface area contributed by atoms with Gasteiger partial charge in [-0.3, -0.25) is 9.59 Å². The molecule has 0 saturated heterocycles. The predicted octanol–water partition coefficient (Wildman–Crippen LogP) is 6.05. The summed E-state index contributed by atoms with van der Waals surface area (Å²) in [5.74, 6) is 1.90. The highest BCUT2D eigenvalue weighted by Gasteiger charge is 2.40. The molecule has 3 aromatic carbocycles. The molecule has 2 aliphatic carbocycles. The van der Waals surface area contributed by atoms with Crippen molar-refractivity contribution in [1.29, 1.82) is 0 Å². The van der Waals surface area contributed by atoms with Crippen molar-refractivity contribution in [1.82, 2.24) is 15.3 Å². The largest absolute Gasteiger partial charge is 0.349 e. The molecular formula is C28H25ClN4O2. The number of imidazole rings is 1. The number of aromatic amines is 1. The highest BCUT2D eigenvalue weighted by atomic mass is 35.5. The minimum atomic E-state index is -0.199. The maximum Gasteiger partial charge on any atom is 0.255 e. The normalized spacial score (nSPS) is 20.8. The van der Waals surface area contributed by atoms with E-state index in [1.807, 2.05) is 30.3 Å². The zero-order valence-corrected chi connectivity index (χ0v) is 19.8. The van der Waals surface area contributed by atoms with Crippen LogP contribution in [0.15, 0.2) is 66.7 Å². The molecule has 2 aliphatic rings. The zero-order chi connectivity index (χ0) is 23.9. The molecule has 6 nitrogen and oxygen atoms in total. The van der Waals surface area contributed by atoms with E-state index < -0.39 is 0 Å². The van der Waals surface area contributed by atoms with E-state index in [2.05, 4.69) is 20.6 Å². The van der Waals surface area contributed by atoms with E-state index in [1.165, 1.54) is 19.3 Å². The standard InChI is InChI=1S/C28H25ClN4O2/c29-21-8-10-22(11-9-21)30-27(34)18-5-3-17(4-6-18)26-31-23-12-7-20(15-25(23)32-26)28(35)33-24-14-16-1-2-19(24)13-16/h3-12,15-16,19,24H,1-2,13-14H2,(H,30,34)(H,31,32)(H,33,35). The number of H-pyrrole nitrogens is 1. The second-order valence-electron chi connectivity index (χ2n) is 9.61. The molecular weight excluding hydrogens is 460 g/mol. The number of nitrogens with one attached hydrogen (secondary N) is 3. The second kappa shape index (κ2) is 8.86. The number of amides is 2. The van der Waals surface area contributed by atoms with E-state index in [-0.39, 0.29) is 11.8 Å². The van der Waals surface area contributed by atoms with E-state index in [4.69, 9.17) is 11.6 Å². The van der Waals surface area contributed by atoms with Crippen molar-refractivity contribution >= 4 is 40.1 Å². The molecule has 2 amide bonds. The first-order chi connectivity index (χ1) is 17.0. The summed E-state index contributed by atoms with van der Waals surface area (Å²) in [5.41, 5.74) is 4.33. The highest BCUT2D eigenvalue weighted by molar-refractivity contribution is 6.30. The lowest BCUT2D eigenvalue weighted by atomic mass is 9.95. The molecule has 2 bridgehead atoms. The third-order valence-electron chi connectivity index (χ3n) is 7.32. The molecule has 1 heterocycles. The van der Waals surface area contributed by atoms with Crippen LogP contribution in [-0.2, 0) is 0 Å². The number of benzene rings is 3. The van der Waals surface area contributed by atoms with Gasteiger partial charge in [-0.1, -0.05) is 30.2 Å². The number of fused-ring (bicyclic) bond motifs is 3. The lowest BCUT2D eigenvalue weighted by Gasteiger charge is -2.22. The number of carbonyl (C=O) groups is 2. The van der Waals surface area contributed by atoms with Gasteiger partial charge in [0.15, 0.2) is 0 Å². The van der Waals surface area contributed by atoms with Gasteiger partial charge in [-0.15, -0.1) is 0 Å². The van der Waals surface area contributed by atoms with Gasteiger partial charge in [-0.2, -0.15) is 0 Å². The van der Waals surface area contributed by atoms with Crippen LogP contribution < -0.4 is 10.6 Å². The van der Waals surface area contributed by atoms with Crippen molar-refractivity contribution < 1.29 is 9.59 Å². The Balaban J connectivity index is 1.16. The molecule has 1 aromatic heterocycles. The molecule has 7 heteroatoms. The minimum absolute atomic E-state index is 0.0170. The predicted molar refractivity (Wildman–Crippen MR) is 138 cm³/mol. The van der Waals surface area contributed by atoms with Gasteiger partial charge >= 0.3 is 0 Å². The second-order valence-corrected chi connectivity index (χ2v) is 10.0. The summed E-state index contributed by atoms with van der Waals surface area (Å²) in [6.45, 7) is 0. The first-order valence-corrected chi connectivity index (χ1v) is 12.4. The summed E-state index contributed by atoms with van der Waals surface area (Å²) in [7, 11) is 0. The number of carbonyl (C=O) groups excluding carboxylic acids is 2. The monoisotopic (exact) mass is 484 g/mol. The smallest absolute Gasteiger partial charge is 0.255 e. The summed E-state index contributed by atoms with van der Waals surface area (Å²) >= 11 is 5.90. The average molecular weight is 485 g/mol. The van der Waals surface area contributed by atoms with Crippen LogP contribution in [-0.4, -0.2) is 27.8 Å². The molecule has 35 heavy (non-hydrogen) atoms. The van der Waals surface area contributed by atoms with Gasteiger partial charge in [0.1, 0.15) is 5.82 Å². The summed E-state index contributed by atoms with van der Waals surface area (Å²) in [4.78, 5) is 33.4. The van der Waals surface area contributed by atoms with Gasteiger partial charge in [0.2, 0.25) is 0 Å². The van der Waals surface area contributed by atoms with Gasteiger partial charge in [0, 0.05) is 33.4 Å². The molecule has 2 saturated carbocycles. The van der Waals surface area contributed by atoms with Crippen LogP contribution in [0, 0.1) is 11.8 Å². The third-order valence-corrected chi connectivity index (χ3v) is 7.57. The van der Waals surface area contributed by atoms with Crippen LogP contribution in [0.5, 0.6) is 0 Å². The first-order valence-electron chi connectivity index (χ1n) is 12.0. The van der Waals surface area contributed by atoms with Crippen LogP contribution in [0.2, 0.25) is 5.02 Å². The number of hydrogen-bond donors (Lipinski definition) is 3. The molecule has 2 fully saturated rings. The molecule has 3 N–H and O–H groups in total. The van der Waals surface area contributed by atoms with Crippen LogP contribution in [0.25, 0.3) is 22.4 Å². The zero-order valence-electron chi connectivity index (χ0n) is 19.1. The van der Waals surface area contributed by atoms with Crippen LogP contribution in [0.3, 0.4) is 0 Å². The number of rotatable bonds is 5. The number of nitrogens with zero attached hydrogens (tertiary/aromatic N) is 1. The molecule has 0 radical (unpaired) electrons. The Bertz CT molecular complexity index is 1410. The number of anilines is 1. The van der Waals surface area contributed by atoms with Crippen molar-refractivity contribution in [3.05, 3.63) is 82.9 Å². The van der Waals surface area contributed by atoms with Crippen LogP contribution in [0.1, 0.15) is 46.4 Å². The molecule has 176 valence electrons. The molecule has 3 unspecified atom stereocenters. The fraction of sp³-hybridized carbons (Fsp3) is 0.250. The molecule has 6 rings (SSSR count). The number of halogens is 1. The lowest BCUT2D eigenvalue weighted by molar-refractivity contribution is 0.0922. The van der Waals surface area contributed by atoms with E-state index in [0.717, 1.165) is 28.9 Å². The van der Waals surface area contributed by atoms with Crippen molar-refractivity contribution in [2.75, 3.05) is 5.32 Å². The highest BCUT2D eigenvalue weighted by Crippen LogP contribution is 2.44. The van der Waals surface area contributed by atoms with Gasteiger partial charge in [-0.05, 0) is 85.7 Å². The molecule has 3 atom stereocenters. The molecule has 0 aliphatic heterocycles. The van der Waals surface area contributed by atoms with Crippen LogP contribution >= 0.6 is 11.6 Å². The fourth-order valence-electron chi connectivity index (χ4n) is 5.48. The van der Waals surface area contributed by atoms with Gasteiger partial charge in [0.25, 0.3) is 11.8 Å². The Hall–Kier alpha value is -3.64. The van der Waals surface area contributed by atoms with Gasteiger partial charge < -0.3 is 15.6 Å². The van der Waals surface area contributed by atoms with Crippen molar-refractivity contribution in [2.24, 2.45) is 11.8 Å². The average Bonchev–Trinajstić information content (AvgIpc) is 3.61. The summed E-state index contributed by atoms with van der Waals surface area (Å²) in [6, 6.07) is 20.1. The lowest BCUT2D eigenvalue weighted by Crippen LogP contribution is -2.38. The maximum atomic E-state index is 12.9. The van der Waals surface area contributed by atoms with E-state index in [0.29, 0.717) is 39.6 Å². The van der Waals surface area contributed by atoms with Crippen molar-refractivity contribution in [3.63, 3.8) is 0 Å². The van der Waals surface area contributed by atoms with E-state index in [9.17, 15) is 9.59 Å². The number of aromatic nitrogens is 2. The Morgan fingerprint density at radius 2 is 1.66 bits per heavy atom. The third kappa shape index (κ3) is 4.42. The topological polar surface area (TPSA) is 86.9 Å². The summed E-state index contributed by atoms with van der Waals surface area (Å²) in [5, 5.41) is 6.72. The fourth-order valence-corrected chi connectivity index (χ4v) is 5.60. The van der Waals surface area contributed by atoms with Crippen LogP contribution in [0.4, 0.5) is 5.69 Å². The Morgan fingerprint density at radius 3 is 2.37 bits per heavy atom. The van der Waals surface area contributed by atoms with Crippen molar-refractivity contribution in [3.8, 4) is 11.4 Å². The van der Waals surface area contributed by atoms with Gasteiger partial charge in [-0.25, -0.2) is 4.98 Å². The molecule has 4 aromatic rings. The van der Waals surface area contributed by atoms with E-state index >= 15 is 0 Å². The minimum Gasteiger partial charge on any atom is -0.349 e. The summed E-state index contributed by atoms with van der Waals surface area (Å²) in [6.07, 6.45) is 4.92. The number of hydrogen-bond acceptors (Lipinski definition) is 3. The quantitative estimate of drug-likeness (QED) is 0.322. The van der Waals surface area contributed by atoms with Gasteiger partial charge in [0.05, 0.1) is 11.0 Å². The first kappa shape index (κ1) is 21.9. The Labute approximate surface area is 208 Å². The maximum absolute atomic E-state index is 12.9. The summed E-state index contributed by atoms with van der Waals surface area (Å²) < 4.78 is 0. The Morgan fingerprint density at radius 1 is 0.886 bits per heavy atom. The molecule has 0 spiro atoms. The Kier molecular flexibility index (Phi) is 5.53.